The molecule has 0 saturated carbocycles. The number of hydrogen-bond acceptors (Lipinski definition) is 3. The highest BCUT2D eigenvalue weighted by Crippen LogP contribution is 2.22. The predicted octanol–water partition coefficient (Wildman–Crippen LogP) is 5.13. The Bertz CT molecular complexity index is 816. The lowest BCUT2D eigenvalue weighted by Crippen LogP contribution is -2.19. The molecule has 0 aromatic heterocycles. The monoisotopic (exact) mass is 334 g/mol. The minimum Gasteiger partial charge on any atom is -0.497 e. The van der Waals surface area contributed by atoms with E-state index in [4.69, 9.17) is 9.47 Å². The van der Waals surface area contributed by atoms with Crippen molar-refractivity contribution in [2.75, 3.05) is 17.7 Å². The molecule has 0 aliphatic carbocycles. The molecular weight excluding hydrogens is 316 g/mol. The second-order valence-electron chi connectivity index (χ2n) is 5.25. The zero-order chi connectivity index (χ0) is 17.5. The first-order valence-corrected chi connectivity index (χ1v) is 7.78. The summed E-state index contributed by atoms with van der Waals surface area (Å²) in [5.41, 5.74) is 1.36. The van der Waals surface area contributed by atoms with E-state index < -0.39 is 0 Å². The SMILES string of the molecule is COc1ccc(NC(=O)Nc2ccc(Oc3ccccc3)cc2)cc1. The molecule has 2 N–H and O–H groups in total. The predicted molar refractivity (Wildman–Crippen MR) is 98.6 cm³/mol. The number of rotatable bonds is 5. The van der Waals surface area contributed by atoms with E-state index in [0.717, 1.165) is 11.5 Å². The van der Waals surface area contributed by atoms with E-state index in [0.29, 0.717) is 17.1 Å². The lowest BCUT2D eigenvalue weighted by Gasteiger charge is -2.09. The van der Waals surface area contributed by atoms with Crippen molar-refractivity contribution in [3.05, 3.63) is 78.9 Å². The van der Waals surface area contributed by atoms with Crippen LogP contribution in [0.2, 0.25) is 0 Å². The molecule has 0 atom stereocenters. The summed E-state index contributed by atoms with van der Waals surface area (Å²) in [6.45, 7) is 0. The van der Waals surface area contributed by atoms with Gasteiger partial charge in [-0.05, 0) is 60.7 Å². The van der Waals surface area contributed by atoms with E-state index in [1.807, 2.05) is 30.3 Å². The number of anilines is 2. The fourth-order valence-corrected chi connectivity index (χ4v) is 2.20. The maximum atomic E-state index is 12.0. The van der Waals surface area contributed by atoms with E-state index >= 15 is 0 Å². The third kappa shape index (κ3) is 4.75. The molecule has 0 heterocycles. The van der Waals surface area contributed by atoms with Crippen molar-refractivity contribution in [3.63, 3.8) is 0 Å². The summed E-state index contributed by atoms with van der Waals surface area (Å²) in [5.74, 6) is 2.20. The molecule has 0 bridgehead atoms. The summed E-state index contributed by atoms with van der Waals surface area (Å²) in [5, 5.41) is 5.53. The molecule has 0 aliphatic heterocycles. The minimum atomic E-state index is -0.318. The van der Waals surface area contributed by atoms with Crippen LogP contribution in [0, 0.1) is 0 Å². The number of nitrogens with one attached hydrogen (secondary N) is 2. The summed E-state index contributed by atoms with van der Waals surface area (Å²) < 4.78 is 10.8. The number of carbonyl (C=O) groups excluding carboxylic acids is 1. The standard InChI is InChI=1S/C20H18N2O3/c1-24-17-11-7-15(8-12-17)21-20(23)22-16-9-13-19(14-10-16)25-18-5-3-2-4-6-18/h2-14H,1H3,(H2,21,22,23). The number of hydrogen-bond donors (Lipinski definition) is 2. The smallest absolute Gasteiger partial charge is 0.323 e. The molecule has 25 heavy (non-hydrogen) atoms. The lowest BCUT2D eigenvalue weighted by atomic mass is 10.3. The van der Waals surface area contributed by atoms with E-state index in [-0.39, 0.29) is 6.03 Å². The van der Waals surface area contributed by atoms with Gasteiger partial charge in [0.2, 0.25) is 0 Å². The van der Waals surface area contributed by atoms with Gasteiger partial charge in [0, 0.05) is 11.4 Å². The quantitative estimate of drug-likeness (QED) is 0.680. The molecule has 3 rings (SSSR count). The summed E-state index contributed by atoms with van der Waals surface area (Å²) in [6, 6.07) is 23.5. The lowest BCUT2D eigenvalue weighted by molar-refractivity contribution is 0.262. The minimum absolute atomic E-state index is 0.318. The topological polar surface area (TPSA) is 59.6 Å². The molecule has 5 nitrogen and oxygen atoms in total. The van der Waals surface area contributed by atoms with Crippen LogP contribution in [0.4, 0.5) is 16.2 Å². The van der Waals surface area contributed by atoms with E-state index in [1.54, 1.807) is 55.6 Å². The number of para-hydroxylation sites is 1. The van der Waals surface area contributed by atoms with E-state index in [1.165, 1.54) is 0 Å². The molecule has 0 unspecified atom stereocenters. The van der Waals surface area contributed by atoms with Crippen LogP contribution in [0.3, 0.4) is 0 Å². The van der Waals surface area contributed by atoms with Gasteiger partial charge in [-0.2, -0.15) is 0 Å². The van der Waals surface area contributed by atoms with Gasteiger partial charge in [-0.15, -0.1) is 0 Å². The van der Waals surface area contributed by atoms with Crippen molar-refractivity contribution < 1.29 is 14.3 Å². The number of benzene rings is 3. The average molecular weight is 334 g/mol. The van der Waals surface area contributed by atoms with Gasteiger partial charge in [-0.1, -0.05) is 18.2 Å². The molecule has 0 radical (unpaired) electrons. The first kappa shape index (κ1) is 16.4. The molecular formula is C20H18N2O3. The third-order valence-electron chi connectivity index (χ3n) is 3.44. The highest BCUT2D eigenvalue weighted by atomic mass is 16.5. The summed E-state index contributed by atoms with van der Waals surface area (Å²) >= 11 is 0. The summed E-state index contributed by atoms with van der Waals surface area (Å²) in [6.07, 6.45) is 0. The zero-order valence-electron chi connectivity index (χ0n) is 13.7. The molecule has 2 amide bonds. The van der Waals surface area contributed by atoms with Crippen LogP contribution in [0.1, 0.15) is 0 Å². The number of amides is 2. The van der Waals surface area contributed by atoms with Crippen molar-refractivity contribution in [1.29, 1.82) is 0 Å². The van der Waals surface area contributed by atoms with Crippen LogP contribution in [0.15, 0.2) is 78.9 Å². The molecule has 0 spiro atoms. The first-order chi connectivity index (χ1) is 12.2. The van der Waals surface area contributed by atoms with Crippen molar-refractivity contribution >= 4 is 17.4 Å². The zero-order valence-corrected chi connectivity index (χ0v) is 13.7. The van der Waals surface area contributed by atoms with Gasteiger partial charge >= 0.3 is 6.03 Å². The largest absolute Gasteiger partial charge is 0.497 e. The Morgan fingerprint density at radius 1 is 0.680 bits per heavy atom. The van der Waals surface area contributed by atoms with Gasteiger partial charge in [-0.25, -0.2) is 4.79 Å². The Morgan fingerprint density at radius 2 is 1.16 bits per heavy atom. The highest BCUT2D eigenvalue weighted by Gasteiger charge is 2.04. The molecule has 0 aliphatic rings. The highest BCUT2D eigenvalue weighted by molar-refractivity contribution is 5.99. The molecule has 0 fully saturated rings. The Labute approximate surface area is 146 Å². The second-order valence-corrected chi connectivity index (χ2v) is 5.25. The Morgan fingerprint density at radius 3 is 1.68 bits per heavy atom. The number of urea groups is 1. The first-order valence-electron chi connectivity index (χ1n) is 7.78. The van der Waals surface area contributed by atoms with Gasteiger partial charge < -0.3 is 20.1 Å². The van der Waals surface area contributed by atoms with Crippen LogP contribution in [-0.4, -0.2) is 13.1 Å². The number of methoxy groups -OCH3 is 1. The normalized spacial score (nSPS) is 9.96. The maximum absolute atomic E-state index is 12.0. The molecule has 3 aromatic rings. The Hall–Kier alpha value is -3.47. The molecule has 5 heteroatoms. The maximum Gasteiger partial charge on any atom is 0.323 e. The molecule has 0 saturated heterocycles. The Kier molecular flexibility index (Phi) is 5.16. The second kappa shape index (κ2) is 7.88. The summed E-state index contributed by atoms with van der Waals surface area (Å²) in [4.78, 5) is 12.0. The van der Waals surface area contributed by atoms with Crippen LogP contribution in [0.25, 0.3) is 0 Å². The Balaban J connectivity index is 1.56. The van der Waals surface area contributed by atoms with Gasteiger partial charge in [0.25, 0.3) is 0 Å². The van der Waals surface area contributed by atoms with Gasteiger partial charge in [0.15, 0.2) is 0 Å². The van der Waals surface area contributed by atoms with Crippen molar-refractivity contribution in [2.45, 2.75) is 0 Å². The fourth-order valence-electron chi connectivity index (χ4n) is 2.20. The van der Waals surface area contributed by atoms with Crippen LogP contribution >= 0.6 is 0 Å². The van der Waals surface area contributed by atoms with Gasteiger partial charge in [-0.3, -0.25) is 0 Å². The summed E-state index contributed by atoms with van der Waals surface area (Å²) in [7, 11) is 1.60. The van der Waals surface area contributed by atoms with Crippen molar-refractivity contribution in [2.24, 2.45) is 0 Å². The third-order valence-corrected chi connectivity index (χ3v) is 3.44. The van der Waals surface area contributed by atoms with Crippen LogP contribution in [0.5, 0.6) is 17.2 Å². The molecule has 3 aromatic carbocycles. The molecule has 126 valence electrons. The van der Waals surface area contributed by atoms with Gasteiger partial charge in [0.05, 0.1) is 7.11 Å². The van der Waals surface area contributed by atoms with E-state index in [2.05, 4.69) is 10.6 Å². The fraction of sp³-hybridized carbons (Fsp3) is 0.0500. The number of carbonyl (C=O) groups is 1. The van der Waals surface area contributed by atoms with Crippen molar-refractivity contribution in [1.82, 2.24) is 0 Å². The van der Waals surface area contributed by atoms with E-state index in [9.17, 15) is 4.79 Å². The van der Waals surface area contributed by atoms with Crippen LogP contribution < -0.4 is 20.1 Å². The van der Waals surface area contributed by atoms with Gasteiger partial charge in [0.1, 0.15) is 17.2 Å². The average Bonchev–Trinajstić information content (AvgIpc) is 2.65. The van der Waals surface area contributed by atoms with Crippen LogP contribution in [-0.2, 0) is 0 Å². The van der Waals surface area contributed by atoms with Crippen molar-refractivity contribution in [3.8, 4) is 17.2 Å². The number of ether oxygens (including phenoxy) is 2.